The first kappa shape index (κ1) is 14.2. The van der Waals surface area contributed by atoms with Crippen LogP contribution < -0.4 is 11.1 Å². The van der Waals surface area contributed by atoms with E-state index in [1.54, 1.807) is 0 Å². The van der Waals surface area contributed by atoms with Crippen molar-refractivity contribution in [1.29, 1.82) is 5.41 Å². The van der Waals surface area contributed by atoms with Gasteiger partial charge in [-0.1, -0.05) is 0 Å². The molecular formula is C12H18F3N3O. The average molecular weight is 277 g/mol. The Hall–Kier alpha value is -1.24. The minimum absolute atomic E-state index is 0.156. The summed E-state index contributed by atoms with van der Waals surface area (Å²) in [5, 5.41) is 9.43. The maximum absolute atomic E-state index is 12.7. The third-order valence-corrected chi connectivity index (χ3v) is 3.88. The van der Waals surface area contributed by atoms with Crippen molar-refractivity contribution < 1.29 is 17.9 Å². The molecule has 2 rings (SSSR count). The number of amidine groups is 1. The molecule has 1 aliphatic heterocycles. The second-order valence-corrected chi connectivity index (χ2v) is 5.37. The molecule has 1 heterocycles. The van der Waals surface area contributed by atoms with Crippen LogP contribution in [0.2, 0.25) is 0 Å². The van der Waals surface area contributed by atoms with Gasteiger partial charge in [-0.25, -0.2) is 0 Å². The van der Waals surface area contributed by atoms with Gasteiger partial charge in [0.15, 0.2) is 0 Å². The number of rotatable bonds is 3. The molecule has 1 saturated carbocycles. The predicted molar refractivity (Wildman–Crippen MR) is 64.7 cm³/mol. The summed E-state index contributed by atoms with van der Waals surface area (Å²) in [5.74, 6) is -0.597. The van der Waals surface area contributed by atoms with Crippen LogP contribution in [0.5, 0.6) is 0 Å². The third kappa shape index (κ3) is 3.40. The number of ether oxygens (including phenoxy) is 1. The summed E-state index contributed by atoms with van der Waals surface area (Å²) in [5.41, 5.74) is 4.24. The van der Waals surface area contributed by atoms with Crippen molar-refractivity contribution in [2.75, 3.05) is 13.2 Å². The highest BCUT2D eigenvalue weighted by Crippen LogP contribution is 2.49. The third-order valence-electron chi connectivity index (χ3n) is 3.88. The highest BCUT2D eigenvalue weighted by Gasteiger charge is 2.47. The van der Waals surface area contributed by atoms with Crippen molar-refractivity contribution in [1.82, 2.24) is 5.32 Å². The number of hydrogen-bond acceptors (Lipinski definition) is 3. The first-order valence-corrected chi connectivity index (χ1v) is 6.28. The Kier molecular flexibility index (Phi) is 3.75. The summed E-state index contributed by atoms with van der Waals surface area (Å²) < 4.78 is 43.5. The van der Waals surface area contributed by atoms with Crippen LogP contribution >= 0.6 is 0 Å². The smallest absolute Gasteiger partial charge is 0.384 e. The fourth-order valence-corrected chi connectivity index (χ4v) is 2.88. The lowest BCUT2D eigenvalue weighted by Crippen LogP contribution is -2.52. The van der Waals surface area contributed by atoms with E-state index < -0.39 is 17.7 Å². The molecule has 4 nitrogen and oxygen atoms in total. The minimum atomic E-state index is -4.50. The monoisotopic (exact) mass is 277 g/mol. The Bertz CT molecular complexity index is 378. The fraction of sp³-hybridized carbons (Fsp3) is 0.750. The van der Waals surface area contributed by atoms with E-state index in [2.05, 4.69) is 5.32 Å². The van der Waals surface area contributed by atoms with Crippen LogP contribution in [0.15, 0.2) is 11.8 Å². The maximum Gasteiger partial charge on any atom is 0.431 e. The number of halogens is 3. The summed E-state index contributed by atoms with van der Waals surface area (Å²) in [4.78, 5) is 0. The van der Waals surface area contributed by atoms with Crippen LogP contribution in [0.3, 0.4) is 0 Å². The maximum atomic E-state index is 12.7. The molecule has 0 bridgehead atoms. The van der Waals surface area contributed by atoms with Gasteiger partial charge in [-0.05, 0) is 31.1 Å². The van der Waals surface area contributed by atoms with Gasteiger partial charge in [0.1, 0.15) is 11.5 Å². The van der Waals surface area contributed by atoms with Crippen LogP contribution in [-0.4, -0.2) is 31.3 Å². The molecule has 19 heavy (non-hydrogen) atoms. The van der Waals surface area contributed by atoms with E-state index in [1.165, 1.54) is 0 Å². The molecule has 4 N–H and O–H groups in total. The van der Waals surface area contributed by atoms with E-state index in [0.29, 0.717) is 19.3 Å². The van der Waals surface area contributed by atoms with Crippen LogP contribution in [0.4, 0.5) is 13.2 Å². The van der Waals surface area contributed by atoms with Crippen LogP contribution in [0, 0.1) is 10.8 Å². The zero-order chi connectivity index (χ0) is 14.1. The lowest BCUT2D eigenvalue weighted by molar-refractivity contribution is -0.104. The molecular weight excluding hydrogens is 259 g/mol. The van der Waals surface area contributed by atoms with E-state index in [1.807, 2.05) is 0 Å². The Morgan fingerprint density at radius 1 is 1.32 bits per heavy atom. The van der Waals surface area contributed by atoms with Gasteiger partial charge < -0.3 is 15.8 Å². The molecule has 2 fully saturated rings. The first-order valence-electron chi connectivity index (χ1n) is 6.28. The number of nitrogens with two attached hydrogens (primary N) is 1. The molecule has 108 valence electrons. The average Bonchev–Trinajstić information content (AvgIpc) is 2.25. The zero-order valence-corrected chi connectivity index (χ0v) is 10.5. The predicted octanol–water partition coefficient (Wildman–Crippen LogP) is 1.92. The number of nitrogens with one attached hydrogen (secondary N) is 2. The summed E-state index contributed by atoms with van der Waals surface area (Å²) in [6.07, 6.45) is -0.575. The highest BCUT2D eigenvalue weighted by molar-refractivity contribution is 5.89. The molecule has 0 amide bonds. The van der Waals surface area contributed by atoms with Gasteiger partial charge in [0.05, 0.1) is 0 Å². The molecule has 0 radical (unpaired) electrons. The molecule has 7 heteroatoms. The van der Waals surface area contributed by atoms with Crippen LogP contribution in [-0.2, 0) is 4.74 Å². The van der Waals surface area contributed by atoms with E-state index in [9.17, 15) is 13.2 Å². The molecule has 0 aromatic carbocycles. The molecule has 2 aliphatic rings. The molecule has 1 saturated heterocycles. The molecule has 0 atom stereocenters. The number of allylic oxidation sites excluding steroid dienone is 1. The Morgan fingerprint density at radius 3 is 2.37 bits per heavy atom. The van der Waals surface area contributed by atoms with Gasteiger partial charge in [-0.2, -0.15) is 13.2 Å². The molecule has 1 aliphatic carbocycles. The highest BCUT2D eigenvalue weighted by atomic mass is 19.4. The summed E-state index contributed by atoms with van der Waals surface area (Å²) in [6, 6.07) is -0.190. The van der Waals surface area contributed by atoms with Crippen molar-refractivity contribution in [2.24, 2.45) is 11.1 Å². The van der Waals surface area contributed by atoms with Gasteiger partial charge in [0.2, 0.25) is 0 Å². The van der Waals surface area contributed by atoms with Gasteiger partial charge >= 0.3 is 6.18 Å². The first-order chi connectivity index (χ1) is 8.81. The van der Waals surface area contributed by atoms with Crippen molar-refractivity contribution in [3.63, 3.8) is 0 Å². The van der Waals surface area contributed by atoms with Crippen LogP contribution in [0.25, 0.3) is 0 Å². The Balaban J connectivity index is 1.92. The lowest BCUT2D eigenvalue weighted by atomic mass is 9.61. The topological polar surface area (TPSA) is 71.1 Å². The fourth-order valence-electron chi connectivity index (χ4n) is 2.88. The second kappa shape index (κ2) is 5.03. The number of alkyl halides is 3. The van der Waals surface area contributed by atoms with Gasteiger partial charge in [0, 0.05) is 25.3 Å². The van der Waals surface area contributed by atoms with Crippen molar-refractivity contribution in [3.8, 4) is 0 Å². The van der Waals surface area contributed by atoms with Crippen LogP contribution in [0.1, 0.15) is 25.7 Å². The summed E-state index contributed by atoms with van der Waals surface area (Å²) in [6.45, 7) is 1.39. The molecule has 0 aromatic heterocycles. The van der Waals surface area contributed by atoms with E-state index >= 15 is 0 Å². The van der Waals surface area contributed by atoms with Gasteiger partial charge in [-0.3, -0.25) is 5.41 Å². The van der Waals surface area contributed by atoms with E-state index in [-0.39, 0.29) is 11.5 Å². The van der Waals surface area contributed by atoms with E-state index in [4.69, 9.17) is 15.9 Å². The second-order valence-electron chi connectivity index (χ2n) is 5.37. The molecule has 0 aromatic rings. The largest absolute Gasteiger partial charge is 0.431 e. The van der Waals surface area contributed by atoms with Crippen molar-refractivity contribution >= 4 is 5.84 Å². The van der Waals surface area contributed by atoms with Crippen molar-refractivity contribution in [2.45, 2.75) is 37.9 Å². The standard InChI is InChI=1S/C12H18F3N3O/c13-12(14,15)9(5-10(16)17)18-8-6-11(7-8)1-3-19-4-2-11/h5,8,18H,1-4,6-7H2,(H3,16,17)/b9-5-. The lowest BCUT2D eigenvalue weighted by Gasteiger charge is -2.50. The van der Waals surface area contributed by atoms with E-state index in [0.717, 1.165) is 25.7 Å². The normalized spacial score (nSPS) is 24.1. The minimum Gasteiger partial charge on any atom is -0.384 e. The van der Waals surface area contributed by atoms with Crippen molar-refractivity contribution in [3.05, 3.63) is 11.8 Å². The summed E-state index contributed by atoms with van der Waals surface area (Å²) in [7, 11) is 0. The zero-order valence-electron chi connectivity index (χ0n) is 10.5. The van der Waals surface area contributed by atoms with Gasteiger partial charge in [-0.15, -0.1) is 0 Å². The Labute approximate surface area is 109 Å². The molecule has 1 spiro atoms. The quantitative estimate of drug-likeness (QED) is 0.545. The molecule has 0 unspecified atom stereocenters. The Morgan fingerprint density at radius 2 is 1.89 bits per heavy atom. The number of hydrogen-bond donors (Lipinski definition) is 3. The van der Waals surface area contributed by atoms with Gasteiger partial charge in [0.25, 0.3) is 0 Å². The summed E-state index contributed by atoms with van der Waals surface area (Å²) >= 11 is 0. The SMILES string of the molecule is N=C(N)/C=C(\NC1CC2(CCOCC2)C1)C(F)(F)F.